The maximum absolute atomic E-state index is 11.8. The van der Waals surface area contributed by atoms with Gasteiger partial charge in [0.2, 0.25) is 11.8 Å². The van der Waals surface area contributed by atoms with Crippen LogP contribution in [-0.4, -0.2) is 35.3 Å². The molecule has 1 atom stereocenters. The minimum Gasteiger partial charge on any atom is -0.343 e. The molecule has 4 nitrogen and oxygen atoms in total. The monoisotopic (exact) mass is 196 g/mol. The zero-order chi connectivity index (χ0) is 10.1. The Morgan fingerprint density at radius 2 is 1.93 bits per heavy atom. The zero-order valence-electron chi connectivity index (χ0n) is 8.45. The third kappa shape index (κ3) is 1.61. The minimum absolute atomic E-state index is 0.0241. The van der Waals surface area contributed by atoms with E-state index in [0.717, 1.165) is 12.8 Å². The fraction of sp³-hybridized carbons (Fsp3) is 0.800. The summed E-state index contributed by atoms with van der Waals surface area (Å²) in [5.74, 6) is 0.0560. The summed E-state index contributed by atoms with van der Waals surface area (Å²) >= 11 is 0. The van der Waals surface area contributed by atoms with Crippen LogP contribution in [-0.2, 0) is 9.59 Å². The number of carbonyl (C=O) groups excluding carboxylic acids is 2. The third-order valence-corrected chi connectivity index (χ3v) is 3.11. The van der Waals surface area contributed by atoms with Gasteiger partial charge in [0.05, 0.1) is 6.54 Å². The van der Waals surface area contributed by atoms with Gasteiger partial charge in [-0.1, -0.05) is 12.8 Å². The van der Waals surface area contributed by atoms with E-state index in [9.17, 15) is 9.59 Å². The number of piperazine rings is 1. The second kappa shape index (κ2) is 3.59. The fourth-order valence-corrected chi connectivity index (χ4v) is 2.36. The van der Waals surface area contributed by atoms with Gasteiger partial charge in [0.25, 0.3) is 0 Å². The molecule has 2 fully saturated rings. The average Bonchev–Trinajstić information content (AvgIpc) is 2.63. The lowest BCUT2D eigenvalue weighted by Gasteiger charge is -2.35. The molecule has 1 saturated heterocycles. The molecule has 0 aromatic carbocycles. The molecule has 4 heteroatoms. The van der Waals surface area contributed by atoms with E-state index in [-0.39, 0.29) is 24.4 Å². The van der Waals surface area contributed by atoms with Gasteiger partial charge in [0.15, 0.2) is 0 Å². The van der Waals surface area contributed by atoms with Gasteiger partial charge in [-0.2, -0.15) is 0 Å². The van der Waals surface area contributed by atoms with E-state index in [2.05, 4.69) is 5.32 Å². The number of carbonyl (C=O) groups is 2. The van der Waals surface area contributed by atoms with Crippen molar-refractivity contribution < 1.29 is 9.59 Å². The lowest BCUT2D eigenvalue weighted by Crippen LogP contribution is -2.59. The topological polar surface area (TPSA) is 49.4 Å². The standard InChI is InChI=1S/C10H16N2O2/c1-7-10(14)12(6-9(13)11-7)8-4-2-3-5-8/h7-8H,2-6H2,1H3,(H,11,13). The summed E-state index contributed by atoms with van der Waals surface area (Å²) in [6, 6.07) is -0.0205. The van der Waals surface area contributed by atoms with Gasteiger partial charge >= 0.3 is 0 Å². The second-order valence-electron chi connectivity index (χ2n) is 4.19. The maximum Gasteiger partial charge on any atom is 0.245 e. The van der Waals surface area contributed by atoms with Gasteiger partial charge in [0.1, 0.15) is 6.04 Å². The Morgan fingerprint density at radius 3 is 2.57 bits per heavy atom. The van der Waals surface area contributed by atoms with Crippen LogP contribution in [0.2, 0.25) is 0 Å². The minimum atomic E-state index is -0.336. The molecule has 1 aliphatic carbocycles. The maximum atomic E-state index is 11.8. The third-order valence-electron chi connectivity index (χ3n) is 3.11. The van der Waals surface area contributed by atoms with Crippen LogP contribution in [0.4, 0.5) is 0 Å². The molecule has 1 heterocycles. The molecule has 1 saturated carbocycles. The molecule has 1 aliphatic heterocycles. The molecule has 0 aromatic heterocycles. The summed E-state index contributed by atoms with van der Waals surface area (Å²) in [6.45, 7) is 2.01. The Kier molecular flexibility index (Phi) is 2.44. The van der Waals surface area contributed by atoms with E-state index in [1.165, 1.54) is 12.8 Å². The molecular formula is C10H16N2O2. The molecule has 78 valence electrons. The second-order valence-corrected chi connectivity index (χ2v) is 4.19. The summed E-state index contributed by atoms with van der Waals surface area (Å²) in [5, 5.41) is 2.65. The SMILES string of the molecule is CC1NC(=O)CN(C2CCCC2)C1=O. The molecule has 1 N–H and O–H groups in total. The lowest BCUT2D eigenvalue weighted by molar-refractivity contribution is -0.146. The number of rotatable bonds is 1. The van der Waals surface area contributed by atoms with Crippen LogP contribution in [0.15, 0.2) is 0 Å². The highest BCUT2D eigenvalue weighted by molar-refractivity contribution is 5.94. The van der Waals surface area contributed by atoms with E-state index in [1.54, 1.807) is 11.8 Å². The first-order valence-electron chi connectivity index (χ1n) is 5.28. The Bertz CT molecular complexity index is 259. The van der Waals surface area contributed by atoms with Crippen LogP contribution < -0.4 is 5.32 Å². The number of amides is 2. The van der Waals surface area contributed by atoms with Gasteiger partial charge in [-0.05, 0) is 19.8 Å². The first-order valence-corrected chi connectivity index (χ1v) is 5.28. The van der Waals surface area contributed by atoms with Crippen molar-refractivity contribution in [3.8, 4) is 0 Å². The molecule has 2 amide bonds. The first kappa shape index (κ1) is 9.49. The Hall–Kier alpha value is -1.06. The summed E-state index contributed by atoms with van der Waals surface area (Å²) < 4.78 is 0. The van der Waals surface area contributed by atoms with Crippen LogP contribution in [0, 0.1) is 0 Å². The van der Waals surface area contributed by atoms with Gasteiger partial charge in [0, 0.05) is 6.04 Å². The van der Waals surface area contributed by atoms with Crippen LogP contribution in [0.5, 0.6) is 0 Å². The molecule has 14 heavy (non-hydrogen) atoms. The largest absolute Gasteiger partial charge is 0.343 e. The van der Waals surface area contributed by atoms with Gasteiger partial charge in [-0.3, -0.25) is 9.59 Å². The summed E-state index contributed by atoms with van der Waals surface area (Å²) in [6.07, 6.45) is 4.49. The van der Waals surface area contributed by atoms with Crippen LogP contribution in [0.1, 0.15) is 32.6 Å². The van der Waals surface area contributed by atoms with Crippen molar-refractivity contribution in [2.75, 3.05) is 6.54 Å². The van der Waals surface area contributed by atoms with Crippen LogP contribution in [0.3, 0.4) is 0 Å². The van der Waals surface area contributed by atoms with Crippen LogP contribution in [0.25, 0.3) is 0 Å². The van der Waals surface area contributed by atoms with Crippen molar-refractivity contribution in [1.29, 1.82) is 0 Å². The Labute approximate surface area is 83.6 Å². The average molecular weight is 196 g/mol. The Balaban J connectivity index is 2.08. The fourth-order valence-electron chi connectivity index (χ4n) is 2.36. The molecule has 2 aliphatic rings. The van der Waals surface area contributed by atoms with Crippen LogP contribution >= 0.6 is 0 Å². The molecule has 1 unspecified atom stereocenters. The molecule has 0 aromatic rings. The normalized spacial score (nSPS) is 29.5. The predicted octanol–water partition coefficient (Wildman–Crippen LogP) is 0.276. The van der Waals surface area contributed by atoms with Crippen molar-refractivity contribution in [2.24, 2.45) is 0 Å². The van der Waals surface area contributed by atoms with Crippen molar-refractivity contribution in [1.82, 2.24) is 10.2 Å². The zero-order valence-corrected chi connectivity index (χ0v) is 8.45. The number of nitrogens with one attached hydrogen (secondary N) is 1. The van der Waals surface area contributed by atoms with Crippen molar-refractivity contribution in [3.63, 3.8) is 0 Å². The first-order chi connectivity index (χ1) is 6.68. The highest BCUT2D eigenvalue weighted by Gasteiger charge is 2.35. The van der Waals surface area contributed by atoms with Crippen molar-refractivity contribution in [3.05, 3.63) is 0 Å². The Morgan fingerprint density at radius 1 is 1.29 bits per heavy atom. The summed E-state index contributed by atoms with van der Waals surface area (Å²) in [4.78, 5) is 24.8. The van der Waals surface area contributed by atoms with E-state index >= 15 is 0 Å². The van der Waals surface area contributed by atoms with Crippen molar-refractivity contribution >= 4 is 11.8 Å². The molecule has 2 rings (SSSR count). The molecule has 0 radical (unpaired) electrons. The van der Waals surface area contributed by atoms with E-state index < -0.39 is 0 Å². The molecule has 0 spiro atoms. The highest BCUT2D eigenvalue weighted by atomic mass is 16.2. The summed E-state index contributed by atoms with van der Waals surface area (Å²) in [5.41, 5.74) is 0. The van der Waals surface area contributed by atoms with Gasteiger partial charge < -0.3 is 10.2 Å². The van der Waals surface area contributed by atoms with Gasteiger partial charge in [-0.15, -0.1) is 0 Å². The summed E-state index contributed by atoms with van der Waals surface area (Å²) in [7, 11) is 0. The van der Waals surface area contributed by atoms with Gasteiger partial charge in [-0.25, -0.2) is 0 Å². The predicted molar refractivity (Wildman–Crippen MR) is 51.6 cm³/mol. The highest BCUT2D eigenvalue weighted by Crippen LogP contribution is 2.24. The number of hydrogen-bond acceptors (Lipinski definition) is 2. The number of nitrogens with zero attached hydrogens (tertiary/aromatic N) is 1. The smallest absolute Gasteiger partial charge is 0.245 e. The quantitative estimate of drug-likeness (QED) is 0.654. The van der Waals surface area contributed by atoms with Crippen molar-refractivity contribution in [2.45, 2.75) is 44.7 Å². The molecular weight excluding hydrogens is 180 g/mol. The lowest BCUT2D eigenvalue weighted by atomic mass is 10.1. The van der Waals surface area contributed by atoms with E-state index in [0.29, 0.717) is 6.04 Å². The van der Waals surface area contributed by atoms with E-state index in [4.69, 9.17) is 0 Å². The van der Waals surface area contributed by atoms with E-state index in [1.807, 2.05) is 0 Å². The number of hydrogen-bond donors (Lipinski definition) is 1. The molecule has 0 bridgehead atoms.